The van der Waals surface area contributed by atoms with Gasteiger partial charge in [0.05, 0.1) is 24.0 Å². The predicted octanol–water partition coefficient (Wildman–Crippen LogP) is 2.76. The minimum absolute atomic E-state index is 0.254. The van der Waals surface area contributed by atoms with Crippen LogP contribution in [0.25, 0.3) is 0 Å². The topological polar surface area (TPSA) is 49.8 Å². The molecular weight excluding hydrogens is 298 g/mol. The van der Waals surface area contributed by atoms with E-state index >= 15 is 0 Å². The molecule has 0 saturated carbocycles. The lowest BCUT2D eigenvalue weighted by Gasteiger charge is -2.34. The predicted molar refractivity (Wildman–Crippen MR) is 73.3 cm³/mol. The van der Waals surface area contributed by atoms with E-state index in [4.69, 9.17) is 9.84 Å². The van der Waals surface area contributed by atoms with Crippen molar-refractivity contribution < 1.29 is 14.6 Å². The summed E-state index contributed by atoms with van der Waals surface area (Å²) in [6.45, 7) is 4.51. The number of carbonyl (C=O) groups is 1. The zero-order chi connectivity index (χ0) is 13.1. The van der Waals surface area contributed by atoms with Gasteiger partial charge in [-0.15, -0.1) is 0 Å². The zero-order valence-corrected chi connectivity index (χ0v) is 11.8. The van der Waals surface area contributed by atoms with Crippen LogP contribution < -0.4 is 4.90 Å². The maximum Gasteiger partial charge on any atom is 0.335 e. The molecule has 0 aliphatic carbocycles. The molecule has 1 heterocycles. The number of carboxylic acid groups (broad SMARTS) is 1. The molecule has 0 aromatic heterocycles. The van der Waals surface area contributed by atoms with Gasteiger partial charge < -0.3 is 14.7 Å². The average Bonchev–Trinajstić information content (AvgIpc) is 2.38. The number of carboxylic acids is 1. The van der Waals surface area contributed by atoms with Crippen LogP contribution in [0.1, 0.15) is 23.7 Å². The third-order valence-corrected chi connectivity index (χ3v) is 3.76. The van der Waals surface area contributed by atoms with Crippen LogP contribution in [0.15, 0.2) is 22.7 Å². The second kappa shape index (κ2) is 5.71. The molecule has 1 aromatic carbocycles. The number of hydrogen-bond donors (Lipinski definition) is 1. The van der Waals surface area contributed by atoms with Crippen molar-refractivity contribution in [3.05, 3.63) is 28.2 Å². The molecule has 1 saturated heterocycles. The smallest absolute Gasteiger partial charge is 0.335 e. The standard InChI is InChI=1S/C13H16BrNO3/c1-2-10-8-15(5-6-18-10)12-4-3-9(13(16)17)7-11(12)14/h3-4,7,10H,2,5-6,8H2,1H3,(H,16,17). The third-order valence-electron chi connectivity index (χ3n) is 3.13. The highest BCUT2D eigenvalue weighted by Gasteiger charge is 2.21. The van der Waals surface area contributed by atoms with Gasteiger partial charge in [-0.3, -0.25) is 0 Å². The molecule has 4 nitrogen and oxygen atoms in total. The molecular formula is C13H16BrNO3. The van der Waals surface area contributed by atoms with E-state index in [1.807, 2.05) is 6.07 Å². The fourth-order valence-corrected chi connectivity index (χ4v) is 2.71. The lowest BCUT2D eigenvalue weighted by atomic mass is 10.1. The number of nitrogens with zero attached hydrogens (tertiary/aromatic N) is 1. The quantitative estimate of drug-likeness (QED) is 0.932. The van der Waals surface area contributed by atoms with Crippen LogP contribution in [-0.4, -0.2) is 36.9 Å². The van der Waals surface area contributed by atoms with Crippen molar-refractivity contribution in [2.24, 2.45) is 0 Å². The van der Waals surface area contributed by atoms with Gasteiger partial charge in [-0.05, 0) is 40.5 Å². The summed E-state index contributed by atoms with van der Waals surface area (Å²) >= 11 is 3.45. The van der Waals surface area contributed by atoms with E-state index in [1.165, 1.54) is 0 Å². The Labute approximate surface area is 115 Å². The van der Waals surface area contributed by atoms with Gasteiger partial charge in [0.25, 0.3) is 0 Å². The van der Waals surface area contributed by atoms with Crippen molar-refractivity contribution in [1.29, 1.82) is 0 Å². The molecule has 1 aromatic rings. The molecule has 1 atom stereocenters. The minimum atomic E-state index is -0.907. The van der Waals surface area contributed by atoms with Gasteiger partial charge in [-0.1, -0.05) is 6.92 Å². The summed E-state index contributed by atoms with van der Waals surface area (Å²) in [6, 6.07) is 5.14. The Hall–Kier alpha value is -1.07. The number of hydrogen-bond acceptors (Lipinski definition) is 3. The molecule has 1 aliphatic rings. The first-order valence-electron chi connectivity index (χ1n) is 6.01. The lowest BCUT2D eigenvalue weighted by Crippen LogP contribution is -2.42. The SMILES string of the molecule is CCC1CN(c2ccc(C(=O)O)cc2Br)CCO1. The average molecular weight is 314 g/mol. The fraction of sp³-hybridized carbons (Fsp3) is 0.462. The van der Waals surface area contributed by atoms with Gasteiger partial charge in [0.15, 0.2) is 0 Å². The van der Waals surface area contributed by atoms with E-state index < -0.39 is 5.97 Å². The summed E-state index contributed by atoms with van der Waals surface area (Å²) in [5, 5.41) is 8.94. The van der Waals surface area contributed by atoms with Crippen molar-refractivity contribution in [1.82, 2.24) is 0 Å². The largest absolute Gasteiger partial charge is 0.478 e. The molecule has 0 amide bonds. The maximum absolute atomic E-state index is 10.9. The molecule has 0 bridgehead atoms. The number of ether oxygens (including phenoxy) is 1. The minimum Gasteiger partial charge on any atom is -0.478 e. The summed E-state index contributed by atoms with van der Waals surface area (Å²) in [6.07, 6.45) is 1.24. The molecule has 98 valence electrons. The van der Waals surface area contributed by atoms with E-state index in [-0.39, 0.29) is 6.10 Å². The van der Waals surface area contributed by atoms with Crippen LogP contribution in [0.3, 0.4) is 0 Å². The second-order valence-electron chi connectivity index (χ2n) is 4.32. The molecule has 5 heteroatoms. The summed E-state index contributed by atoms with van der Waals surface area (Å²) in [7, 11) is 0. The number of morpholine rings is 1. The monoisotopic (exact) mass is 313 g/mol. The van der Waals surface area contributed by atoms with Crippen LogP contribution in [0.2, 0.25) is 0 Å². The zero-order valence-electron chi connectivity index (χ0n) is 10.2. The van der Waals surface area contributed by atoms with Crippen molar-refractivity contribution >= 4 is 27.6 Å². The first-order valence-corrected chi connectivity index (χ1v) is 6.80. The van der Waals surface area contributed by atoms with E-state index in [0.29, 0.717) is 12.2 Å². The normalized spacial score (nSPS) is 19.9. The van der Waals surface area contributed by atoms with Crippen LogP contribution >= 0.6 is 15.9 Å². The van der Waals surface area contributed by atoms with Gasteiger partial charge in [0, 0.05) is 17.6 Å². The molecule has 0 spiro atoms. The van der Waals surface area contributed by atoms with Crippen molar-refractivity contribution in [2.75, 3.05) is 24.6 Å². The van der Waals surface area contributed by atoms with Gasteiger partial charge in [-0.25, -0.2) is 4.79 Å². The van der Waals surface area contributed by atoms with Crippen LogP contribution in [0.5, 0.6) is 0 Å². The number of rotatable bonds is 3. The van der Waals surface area contributed by atoms with Crippen LogP contribution in [0, 0.1) is 0 Å². The number of benzene rings is 1. The van der Waals surface area contributed by atoms with Gasteiger partial charge in [0.1, 0.15) is 0 Å². The molecule has 1 fully saturated rings. The summed E-state index contributed by atoms with van der Waals surface area (Å²) in [5.41, 5.74) is 1.33. The first kappa shape index (κ1) is 13.4. The van der Waals surface area contributed by atoms with Gasteiger partial charge in [-0.2, -0.15) is 0 Å². The van der Waals surface area contributed by atoms with Crippen LogP contribution in [-0.2, 0) is 4.74 Å². The second-order valence-corrected chi connectivity index (χ2v) is 5.17. The third kappa shape index (κ3) is 2.84. The Morgan fingerprint density at radius 3 is 3.00 bits per heavy atom. The highest BCUT2D eigenvalue weighted by molar-refractivity contribution is 9.10. The van der Waals surface area contributed by atoms with Gasteiger partial charge in [0.2, 0.25) is 0 Å². The Bertz CT molecular complexity index is 450. The van der Waals surface area contributed by atoms with Gasteiger partial charge >= 0.3 is 5.97 Å². The summed E-state index contributed by atoms with van der Waals surface area (Å²) in [5.74, 6) is -0.907. The number of anilines is 1. The molecule has 2 rings (SSSR count). The Morgan fingerprint density at radius 1 is 1.61 bits per heavy atom. The molecule has 1 aliphatic heterocycles. The van der Waals surface area contributed by atoms with Crippen molar-refractivity contribution in [3.8, 4) is 0 Å². The summed E-state index contributed by atoms with van der Waals surface area (Å²) in [4.78, 5) is 13.1. The van der Waals surface area contributed by atoms with Crippen molar-refractivity contribution in [2.45, 2.75) is 19.4 Å². The Morgan fingerprint density at radius 2 is 2.39 bits per heavy atom. The Balaban J connectivity index is 2.20. The molecule has 1 N–H and O–H groups in total. The highest BCUT2D eigenvalue weighted by atomic mass is 79.9. The fourth-order valence-electron chi connectivity index (χ4n) is 2.08. The summed E-state index contributed by atoms with van der Waals surface area (Å²) < 4.78 is 6.45. The maximum atomic E-state index is 10.9. The first-order chi connectivity index (χ1) is 8.61. The van der Waals surface area contributed by atoms with E-state index in [9.17, 15) is 4.79 Å². The van der Waals surface area contributed by atoms with Crippen molar-refractivity contribution in [3.63, 3.8) is 0 Å². The molecule has 1 unspecified atom stereocenters. The highest BCUT2D eigenvalue weighted by Crippen LogP contribution is 2.29. The van der Waals surface area contributed by atoms with Crippen LogP contribution in [0.4, 0.5) is 5.69 Å². The number of aromatic carboxylic acids is 1. The lowest BCUT2D eigenvalue weighted by molar-refractivity contribution is 0.0384. The van der Waals surface area contributed by atoms with E-state index in [1.54, 1.807) is 12.1 Å². The molecule has 18 heavy (non-hydrogen) atoms. The number of halogens is 1. The van der Waals surface area contributed by atoms with E-state index in [2.05, 4.69) is 27.8 Å². The van der Waals surface area contributed by atoms with E-state index in [0.717, 1.165) is 29.7 Å². The molecule has 0 radical (unpaired) electrons. The Kier molecular flexibility index (Phi) is 4.24.